The van der Waals surface area contributed by atoms with Gasteiger partial charge in [0.25, 0.3) is 11.5 Å². The second-order valence-corrected chi connectivity index (χ2v) is 7.37. The second-order valence-electron chi connectivity index (χ2n) is 5.48. The van der Waals surface area contributed by atoms with E-state index in [4.69, 9.17) is 0 Å². The summed E-state index contributed by atoms with van der Waals surface area (Å²) in [4.78, 5) is 24.3. The Morgan fingerprint density at radius 3 is 2.38 bits per heavy atom. The van der Waals surface area contributed by atoms with E-state index in [0.717, 1.165) is 5.56 Å². The van der Waals surface area contributed by atoms with Crippen LogP contribution in [0.5, 0.6) is 0 Å². The van der Waals surface area contributed by atoms with Gasteiger partial charge in [0.2, 0.25) is 10.0 Å². The van der Waals surface area contributed by atoms with Crippen molar-refractivity contribution in [1.29, 1.82) is 0 Å². The molecule has 9 heteroatoms. The van der Waals surface area contributed by atoms with Gasteiger partial charge in [-0.25, -0.2) is 18.2 Å². The lowest BCUT2D eigenvalue weighted by molar-refractivity contribution is 0.0946. The van der Waals surface area contributed by atoms with E-state index in [1.807, 2.05) is 0 Å². The maximum Gasteiger partial charge on any atom is 0.272 e. The third-order valence-corrected chi connectivity index (χ3v) is 5.30. The van der Waals surface area contributed by atoms with Crippen molar-refractivity contribution in [1.82, 2.24) is 20.2 Å². The van der Waals surface area contributed by atoms with Crippen molar-refractivity contribution in [2.75, 3.05) is 7.05 Å². The highest BCUT2D eigenvalue weighted by Gasteiger charge is 2.14. The average molecular weight is 372 g/mol. The summed E-state index contributed by atoms with van der Waals surface area (Å²) in [6.45, 7) is 0.188. The maximum absolute atomic E-state index is 12.4. The van der Waals surface area contributed by atoms with Gasteiger partial charge in [0.1, 0.15) is 0 Å². The highest BCUT2D eigenvalue weighted by molar-refractivity contribution is 7.89. The Balaban J connectivity index is 1.78. The molecule has 0 saturated carbocycles. The molecule has 8 nitrogen and oxygen atoms in total. The Labute approximate surface area is 149 Å². The molecule has 3 rings (SSSR count). The summed E-state index contributed by atoms with van der Waals surface area (Å²) >= 11 is 0. The molecule has 0 spiro atoms. The van der Waals surface area contributed by atoms with Crippen LogP contribution in [0.2, 0.25) is 0 Å². The number of H-pyrrole nitrogens is 1. The number of benzene rings is 2. The summed E-state index contributed by atoms with van der Waals surface area (Å²) < 4.78 is 25.6. The zero-order chi connectivity index (χ0) is 18.7. The van der Waals surface area contributed by atoms with Gasteiger partial charge in [0, 0.05) is 11.9 Å². The third kappa shape index (κ3) is 3.48. The lowest BCUT2D eigenvalue weighted by atomic mass is 10.1. The van der Waals surface area contributed by atoms with E-state index in [2.05, 4.69) is 20.2 Å². The van der Waals surface area contributed by atoms with Gasteiger partial charge in [-0.15, -0.1) is 0 Å². The van der Waals surface area contributed by atoms with Gasteiger partial charge in [0.15, 0.2) is 5.69 Å². The fraction of sp³-hybridized carbons (Fsp3) is 0.118. The molecule has 0 aliphatic rings. The Morgan fingerprint density at radius 1 is 1.08 bits per heavy atom. The maximum atomic E-state index is 12.4. The van der Waals surface area contributed by atoms with Gasteiger partial charge in [0.05, 0.1) is 10.3 Å². The van der Waals surface area contributed by atoms with Crippen molar-refractivity contribution in [3.63, 3.8) is 0 Å². The predicted octanol–water partition coefficient (Wildman–Crippen LogP) is 0.761. The summed E-state index contributed by atoms with van der Waals surface area (Å²) in [6.07, 6.45) is 0. The second kappa shape index (κ2) is 7.06. The van der Waals surface area contributed by atoms with E-state index in [1.165, 1.54) is 19.2 Å². The Hall–Kier alpha value is -3.04. The van der Waals surface area contributed by atoms with E-state index in [0.29, 0.717) is 10.8 Å². The van der Waals surface area contributed by atoms with Crippen molar-refractivity contribution in [3.8, 4) is 0 Å². The monoisotopic (exact) mass is 372 g/mol. The van der Waals surface area contributed by atoms with E-state index in [-0.39, 0.29) is 22.7 Å². The van der Waals surface area contributed by atoms with Crippen molar-refractivity contribution >= 4 is 26.7 Å². The largest absolute Gasteiger partial charge is 0.347 e. The van der Waals surface area contributed by atoms with Crippen molar-refractivity contribution < 1.29 is 13.2 Å². The van der Waals surface area contributed by atoms with Crippen molar-refractivity contribution in [2.24, 2.45) is 0 Å². The molecule has 3 aromatic rings. The van der Waals surface area contributed by atoms with Crippen LogP contribution in [0.15, 0.2) is 58.2 Å². The molecule has 0 saturated heterocycles. The SMILES string of the molecule is CNS(=O)(=O)c1ccc(CNC(=O)c2n[nH]c(=O)c3ccccc23)cc1. The lowest BCUT2D eigenvalue weighted by Gasteiger charge is -2.08. The quantitative estimate of drug-likeness (QED) is 0.611. The standard InChI is InChI=1S/C17H16N4O4S/c1-18-26(24,25)12-8-6-11(7-9-12)10-19-17(23)15-13-4-2-3-5-14(13)16(22)21-20-15/h2-9,18H,10H2,1H3,(H,19,23)(H,21,22). The van der Waals surface area contributed by atoms with Crippen LogP contribution in [-0.4, -0.2) is 31.6 Å². The third-order valence-electron chi connectivity index (χ3n) is 3.87. The first-order chi connectivity index (χ1) is 12.4. The van der Waals surface area contributed by atoms with E-state index < -0.39 is 15.9 Å². The number of nitrogens with zero attached hydrogens (tertiary/aromatic N) is 1. The molecule has 0 aliphatic carbocycles. The minimum Gasteiger partial charge on any atom is -0.347 e. The number of rotatable bonds is 5. The summed E-state index contributed by atoms with van der Waals surface area (Å²) in [5.41, 5.74) is 0.482. The smallest absolute Gasteiger partial charge is 0.272 e. The number of fused-ring (bicyclic) bond motifs is 1. The molecule has 0 radical (unpaired) electrons. The Kier molecular flexibility index (Phi) is 4.83. The Morgan fingerprint density at radius 2 is 1.73 bits per heavy atom. The molecule has 0 unspecified atom stereocenters. The number of aromatic nitrogens is 2. The molecule has 0 aliphatic heterocycles. The topological polar surface area (TPSA) is 121 Å². The van der Waals surface area contributed by atoms with E-state index in [1.54, 1.807) is 36.4 Å². The van der Waals surface area contributed by atoms with Gasteiger partial charge < -0.3 is 5.32 Å². The minimum atomic E-state index is -3.50. The molecule has 2 aromatic carbocycles. The predicted molar refractivity (Wildman–Crippen MR) is 96.2 cm³/mol. The fourth-order valence-electron chi connectivity index (χ4n) is 2.46. The molecule has 1 heterocycles. The summed E-state index contributed by atoms with van der Waals surface area (Å²) in [7, 11) is -2.16. The highest BCUT2D eigenvalue weighted by atomic mass is 32.2. The average Bonchev–Trinajstić information content (AvgIpc) is 2.67. The normalized spacial score (nSPS) is 11.4. The lowest BCUT2D eigenvalue weighted by Crippen LogP contribution is -2.26. The zero-order valence-electron chi connectivity index (χ0n) is 13.8. The van der Waals surface area contributed by atoms with E-state index in [9.17, 15) is 18.0 Å². The molecule has 1 amide bonds. The minimum absolute atomic E-state index is 0.120. The number of hydrogen-bond donors (Lipinski definition) is 3. The van der Waals surface area contributed by atoms with Crippen LogP contribution >= 0.6 is 0 Å². The van der Waals surface area contributed by atoms with Crippen LogP contribution in [0.1, 0.15) is 16.1 Å². The summed E-state index contributed by atoms with van der Waals surface area (Å²) in [5.74, 6) is -0.440. The first-order valence-corrected chi connectivity index (χ1v) is 9.19. The van der Waals surface area contributed by atoms with Crippen molar-refractivity contribution in [2.45, 2.75) is 11.4 Å². The molecule has 26 heavy (non-hydrogen) atoms. The Bertz CT molecular complexity index is 1120. The molecular formula is C17H16N4O4S. The van der Waals surface area contributed by atoms with Crippen molar-refractivity contribution in [3.05, 3.63) is 70.1 Å². The number of amides is 1. The van der Waals surface area contributed by atoms with Crippen LogP contribution in [0, 0.1) is 0 Å². The van der Waals surface area contributed by atoms with Gasteiger partial charge in [-0.1, -0.05) is 30.3 Å². The van der Waals surface area contributed by atoms with Gasteiger partial charge >= 0.3 is 0 Å². The fourth-order valence-corrected chi connectivity index (χ4v) is 3.19. The van der Waals surface area contributed by atoms with Gasteiger partial charge in [-0.05, 0) is 30.8 Å². The number of aromatic amines is 1. The number of nitrogens with one attached hydrogen (secondary N) is 3. The van der Waals surface area contributed by atoms with Crippen LogP contribution in [0.4, 0.5) is 0 Å². The van der Waals surface area contributed by atoms with Crippen LogP contribution in [-0.2, 0) is 16.6 Å². The first kappa shape index (κ1) is 17.8. The number of carbonyl (C=O) groups is 1. The van der Waals surface area contributed by atoms with E-state index >= 15 is 0 Å². The first-order valence-electron chi connectivity index (χ1n) is 7.70. The highest BCUT2D eigenvalue weighted by Crippen LogP contribution is 2.13. The van der Waals surface area contributed by atoms with Gasteiger partial charge in [-0.3, -0.25) is 9.59 Å². The van der Waals surface area contributed by atoms with Crippen LogP contribution in [0.3, 0.4) is 0 Å². The zero-order valence-corrected chi connectivity index (χ0v) is 14.6. The molecule has 3 N–H and O–H groups in total. The van der Waals surface area contributed by atoms with Crippen LogP contribution in [0.25, 0.3) is 10.8 Å². The molecule has 0 fully saturated rings. The van der Waals surface area contributed by atoms with Gasteiger partial charge in [-0.2, -0.15) is 5.10 Å². The summed E-state index contributed by atoms with van der Waals surface area (Å²) in [5, 5.41) is 9.71. The number of hydrogen-bond acceptors (Lipinski definition) is 5. The molecular weight excluding hydrogens is 356 g/mol. The molecule has 134 valence electrons. The van der Waals surface area contributed by atoms with Crippen LogP contribution < -0.4 is 15.6 Å². The number of sulfonamides is 1. The summed E-state index contributed by atoms with van der Waals surface area (Å²) in [6, 6.07) is 12.9. The number of carbonyl (C=O) groups excluding carboxylic acids is 1. The molecule has 0 bridgehead atoms. The molecule has 1 aromatic heterocycles. The molecule has 0 atom stereocenters.